The molecule has 3 rings (SSSR count). The number of hydrogen-bond donors (Lipinski definition) is 2. The van der Waals surface area contributed by atoms with E-state index in [1.54, 1.807) is 24.5 Å². The first-order valence-corrected chi connectivity index (χ1v) is 5.94. The summed E-state index contributed by atoms with van der Waals surface area (Å²) in [6.45, 7) is -2.86. The van der Waals surface area contributed by atoms with Gasteiger partial charge in [0.05, 0.1) is 17.3 Å². The summed E-state index contributed by atoms with van der Waals surface area (Å²) < 4.78 is 33.8. The van der Waals surface area contributed by atoms with Crippen LogP contribution in [0.3, 0.4) is 0 Å². The molecule has 0 aliphatic carbocycles. The maximum absolute atomic E-state index is 12.1. The number of halogens is 2. The van der Waals surface area contributed by atoms with Crippen LogP contribution in [0.1, 0.15) is 0 Å². The Morgan fingerprint density at radius 2 is 1.95 bits per heavy atom. The number of anilines is 1. The molecule has 2 heterocycles. The van der Waals surface area contributed by atoms with E-state index in [1.165, 1.54) is 12.1 Å². The summed E-state index contributed by atoms with van der Waals surface area (Å²) in [6.07, 6.45) is 3.20. The normalized spacial score (nSPS) is 11.0. The summed E-state index contributed by atoms with van der Waals surface area (Å²) in [5, 5.41) is 10.2. The standard InChI is InChI=1S/C13H10F2N4O2/c14-13(15)20-9-3-1-7(2-4-9)10-11(21-19-12(10)16)8-5-17-18-6-8/h1-6,13H,(H2,16,19)(H,17,18). The summed E-state index contributed by atoms with van der Waals surface area (Å²) >= 11 is 0. The van der Waals surface area contributed by atoms with Crippen LogP contribution < -0.4 is 10.5 Å². The van der Waals surface area contributed by atoms with Gasteiger partial charge in [0.25, 0.3) is 0 Å². The van der Waals surface area contributed by atoms with E-state index < -0.39 is 6.61 Å². The Labute approximate surface area is 117 Å². The zero-order valence-electron chi connectivity index (χ0n) is 10.6. The molecule has 0 saturated carbocycles. The van der Waals surface area contributed by atoms with Gasteiger partial charge in [-0.25, -0.2) is 0 Å². The van der Waals surface area contributed by atoms with Gasteiger partial charge >= 0.3 is 6.61 Å². The Kier molecular flexibility index (Phi) is 3.27. The lowest BCUT2D eigenvalue weighted by molar-refractivity contribution is -0.0498. The number of alkyl halides is 2. The van der Waals surface area contributed by atoms with Crippen molar-refractivity contribution in [3.05, 3.63) is 36.7 Å². The quantitative estimate of drug-likeness (QED) is 0.771. The molecule has 0 unspecified atom stereocenters. The summed E-state index contributed by atoms with van der Waals surface area (Å²) in [6, 6.07) is 6.05. The molecule has 0 saturated heterocycles. The molecule has 108 valence electrons. The highest BCUT2D eigenvalue weighted by atomic mass is 19.3. The van der Waals surface area contributed by atoms with Crippen molar-refractivity contribution in [3.8, 4) is 28.2 Å². The molecule has 0 aliphatic heterocycles. The maximum atomic E-state index is 12.1. The fraction of sp³-hybridized carbons (Fsp3) is 0.0769. The predicted octanol–water partition coefficient (Wildman–Crippen LogP) is 2.92. The fourth-order valence-corrected chi connectivity index (χ4v) is 1.96. The number of hydrogen-bond acceptors (Lipinski definition) is 5. The third kappa shape index (κ3) is 2.55. The molecule has 0 fully saturated rings. The van der Waals surface area contributed by atoms with E-state index in [4.69, 9.17) is 10.3 Å². The topological polar surface area (TPSA) is 90.0 Å². The second-order valence-corrected chi connectivity index (χ2v) is 4.16. The third-order valence-corrected chi connectivity index (χ3v) is 2.85. The second-order valence-electron chi connectivity index (χ2n) is 4.16. The van der Waals surface area contributed by atoms with Crippen LogP contribution in [0.25, 0.3) is 22.5 Å². The van der Waals surface area contributed by atoms with Crippen molar-refractivity contribution in [2.75, 3.05) is 5.73 Å². The summed E-state index contributed by atoms with van der Waals surface area (Å²) in [4.78, 5) is 0. The average molecular weight is 292 g/mol. The Balaban J connectivity index is 1.99. The van der Waals surface area contributed by atoms with Crippen LogP contribution in [0.2, 0.25) is 0 Å². The average Bonchev–Trinajstić information content (AvgIpc) is 3.08. The molecule has 6 nitrogen and oxygen atoms in total. The van der Waals surface area contributed by atoms with Crippen molar-refractivity contribution in [3.63, 3.8) is 0 Å². The van der Waals surface area contributed by atoms with Crippen molar-refractivity contribution in [2.24, 2.45) is 0 Å². The van der Waals surface area contributed by atoms with E-state index in [2.05, 4.69) is 20.1 Å². The number of rotatable bonds is 4. The lowest BCUT2D eigenvalue weighted by atomic mass is 10.0. The van der Waals surface area contributed by atoms with Gasteiger partial charge in [-0.1, -0.05) is 17.3 Å². The van der Waals surface area contributed by atoms with Crippen molar-refractivity contribution in [1.29, 1.82) is 0 Å². The van der Waals surface area contributed by atoms with Gasteiger partial charge in [-0.2, -0.15) is 13.9 Å². The van der Waals surface area contributed by atoms with Crippen LogP contribution in [-0.2, 0) is 0 Å². The van der Waals surface area contributed by atoms with E-state index in [0.717, 1.165) is 0 Å². The lowest BCUT2D eigenvalue weighted by Gasteiger charge is -2.05. The SMILES string of the molecule is Nc1noc(-c2cn[nH]c2)c1-c1ccc(OC(F)F)cc1. The molecule has 0 bridgehead atoms. The molecule has 1 aromatic carbocycles. The highest BCUT2D eigenvalue weighted by Crippen LogP contribution is 2.36. The number of nitrogens with two attached hydrogens (primary N) is 1. The molecular formula is C13H10F2N4O2. The first-order valence-electron chi connectivity index (χ1n) is 5.94. The molecule has 21 heavy (non-hydrogen) atoms. The van der Waals surface area contributed by atoms with Crippen molar-refractivity contribution >= 4 is 5.82 Å². The predicted molar refractivity (Wildman–Crippen MR) is 70.6 cm³/mol. The number of aromatic nitrogens is 3. The van der Waals surface area contributed by atoms with Crippen LogP contribution in [0.5, 0.6) is 5.75 Å². The van der Waals surface area contributed by atoms with E-state index in [1.807, 2.05) is 0 Å². The van der Waals surface area contributed by atoms with Crippen LogP contribution in [0, 0.1) is 0 Å². The van der Waals surface area contributed by atoms with Gasteiger partial charge in [0.15, 0.2) is 11.6 Å². The van der Waals surface area contributed by atoms with Gasteiger partial charge in [-0.15, -0.1) is 0 Å². The van der Waals surface area contributed by atoms with Gasteiger partial charge in [0, 0.05) is 6.20 Å². The number of aromatic amines is 1. The molecule has 0 atom stereocenters. The number of H-pyrrole nitrogens is 1. The minimum Gasteiger partial charge on any atom is -0.435 e. The molecular weight excluding hydrogens is 282 g/mol. The molecule has 0 aliphatic rings. The van der Waals surface area contributed by atoms with E-state index in [-0.39, 0.29) is 11.6 Å². The smallest absolute Gasteiger partial charge is 0.387 e. The Hall–Kier alpha value is -2.90. The molecule has 8 heteroatoms. The van der Waals surface area contributed by atoms with Crippen LogP contribution in [-0.4, -0.2) is 22.0 Å². The first kappa shape index (κ1) is 13.1. The number of benzene rings is 1. The number of nitrogens with zero attached hydrogens (tertiary/aromatic N) is 2. The van der Waals surface area contributed by atoms with E-state index >= 15 is 0 Å². The zero-order chi connectivity index (χ0) is 14.8. The minimum atomic E-state index is -2.86. The van der Waals surface area contributed by atoms with Crippen LogP contribution in [0.15, 0.2) is 41.2 Å². The van der Waals surface area contributed by atoms with Gasteiger partial charge < -0.3 is 15.0 Å². The van der Waals surface area contributed by atoms with E-state index in [0.29, 0.717) is 22.5 Å². The lowest BCUT2D eigenvalue weighted by Crippen LogP contribution is -2.01. The van der Waals surface area contributed by atoms with Gasteiger partial charge in [0.1, 0.15) is 5.75 Å². The number of ether oxygens (including phenoxy) is 1. The Bertz CT molecular complexity index is 723. The van der Waals surface area contributed by atoms with Gasteiger partial charge in [0.2, 0.25) is 0 Å². The zero-order valence-corrected chi connectivity index (χ0v) is 10.6. The van der Waals surface area contributed by atoms with Crippen molar-refractivity contribution < 1.29 is 18.0 Å². The fourth-order valence-electron chi connectivity index (χ4n) is 1.96. The van der Waals surface area contributed by atoms with E-state index in [9.17, 15) is 8.78 Å². The molecule has 0 spiro atoms. The first-order chi connectivity index (χ1) is 10.1. The summed E-state index contributed by atoms with van der Waals surface area (Å²) in [7, 11) is 0. The van der Waals surface area contributed by atoms with Gasteiger partial charge in [-0.05, 0) is 17.7 Å². The number of nitrogen functional groups attached to an aromatic ring is 1. The van der Waals surface area contributed by atoms with Crippen LogP contribution >= 0.6 is 0 Å². The largest absolute Gasteiger partial charge is 0.435 e. The highest BCUT2D eigenvalue weighted by molar-refractivity contribution is 5.86. The second kappa shape index (κ2) is 5.23. The molecule has 3 aromatic rings. The Morgan fingerprint density at radius 1 is 1.19 bits per heavy atom. The van der Waals surface area contributed by atoms with Crippen molar-refractivity contribution in [2.45, 2.75) is 6.61 Å². The highest BCUT2D eigenvalue weighted by Gasteiger charge is 2.18. The molecule has 2 aromatic heterocycles. The van der Waals surface area contributed by atoms with Gasteiger partial charge in [-0.3, -0.25) is 5.10 Å². The monoisotopic (exact) mass is 292 g/mol. The Morgan fingerprint density at radius 3 is 2.57 bits per heavy atom. The number of nitrogens with one attached hydrogen (secondary N) is 1. The maximum Gasteiger partial charge on any atom is 0.387 e. The van der Waals surface area contributed by atoms with Crippen molar-refractivity contribution in [1.82, 2.24) is 15.4 Å². The summed E-state index contributed by atoms with van der Waals surface area (Å²) in [5.41, 5.74) is 7.74. The molecule has 0 amide bonds. The third-order valence-electron chi connectivity index (χ3n) is 2.85. The molecule has 0 radical (unpaired) electrons. The van der Waals surface area contributed by atoms with Crippen LogP contribution in [0.4, 0.5) is 14.6 Å². The molecule has 3 N–H and O–H groups in total. The summed E-state index contributed by atoms with van der Waals surface area (Å²) in [5.74, 6) is 0.714. The minimum absolute atomic E-state index is 0.0636.